The van der Waals surface area contributed by atoms with Gasteiger partial charge >= 0.3 is 5.97 Å². The fraction of sp³-hybridized carbons (Fsp3) is 0.267. The van der Waals surface area contributed by atoms with Gasteiger partial charge < -0.3 is 19.9 Å². The SMILES string of the molecule is C[C@@H]1Oc2ccccc2O[C@@H]1C(=O)NCc1nc(C(=O)O)cs1. The second kappa shape index (κ2) is 6.25. The molecule has 0 saturated carbocycles. The van der Waals surface area contributed by atoms with Gasteiger partial charge in [-0.3, -0.25) is 4.79 Å². The summed E-state index contributed by atoms with van der Waals surface area (Å²) in [5.74, 6) is -0.296. The van der Waals surface area contributed by atoms with Crippen molar-refractivity contribution in [3.63, 3.8) is 0 Å². The number of carbonyl (C=O) groups is 2. The quantitative estimate of drug-likeness (QED) is 0.883. The smallest absolute Gasteiger partial charge is 0.355 e. The number of hydrogen-bond acceptors (Lipinski definition) is 6. The third-order valence-electron chi connectivity index (χ3n) is 3.29. The third kappa shape index (κ3) is 3.26. The Hall–Kier alpha value is -2.61. The van der Waals surface area contributed by atoms with Gasteiger partial charge in [-0.15, -0.1) is 11.3 Å². The predicted molar refractivity (Wildman–Crippen MR) is 81.9 cm³/mol. The largest absolute Gasteiger partial charge is 0.482 e. The highest BCUT2D eigenvalue weighted by Crippen LogP contribution is 2.33. The van der Waals surface area contributed by atoms with Crippen molar-refractivity contribution in [2.45, 2.75) is 25.7 Å². The molecule has 0 radical (unpaired) electrons. The van der Waals surface area contributed by atoms with E-state index in [0.717, 1.165) is 0 Å². The Kier molecular flexibility index (Phi) is 4.16. The van der Waals surface area contributed by atoms with Gasteiger partial charge in [0, 0.05) is 5.38 Å². The molecule has 2 aromatic rings. The molecule has 1 aliphatic rings. The fourth-order valence-electron chi connectivity index (χ4n) is 2.16. The van der Waals surface area contributed by atoms with E-state index in [4.69, 9.17) is 14.6 Å². The number of amides is 1. The van der Waals surface area contributed by atoms with Gasteiger partial charge in [0.05, 0.1) is 6.54 Å². The van der Waals surface area contributed by atoms with Crippen LogP contribution in [0.2, 0.25) is 0 Å². The van der Waals surface area contributed by atoms with Crippen LogP contribution in [0.3, 0.4) is 0 Å². The fourth-order valence-corrected chi connectivity index (χ4v) is 2.87. The second-order valence-electron chi connectivity index (χ2n) is 4.96. The van der Waals surface area contributed by atoms with Crippen molar-refractivity contribution in [2.75, 3.05) is 0 Å². The molecule has 1 aromatic carbocycles. The molecule has 0 fully saturated rings. The van der Waals surface area contributed by atoms with Crippen LogP contribution in [0.5, 0.6) is 11.5 Å². The topological polar surface area (TPSA) is 97.8 Å². The minimum atomic E-state index is -1.09. The van der Waals surface area contributed by atoms with Crippen molar-refractivity contribution in [1.82, 2.24) is 10.3 Å². The summed E-state index contributed by atoms with van der Waals surface area (Å²) in [5, 5.41) is 13.5. The zero-order chi connectivity index (χ0) is 16.4. The van der Waals surface area contributed by atoms with Crippen LogP contribution in [0, 0.1) is 0 Å². The number of carboxylic acids is 1. The summed E-state index contributed by atoms with van der Waals surface area (Å²) < 4.78 is 11.4. The van der Waals surface area contributed by atoms with E-state index in [1.807, 2.05) is 6.07 Å². The number of fused-ring (bicyclic) bond motifs is 1. The number of aromatic nitrogens is 1. The van der Waals surface area contributed by atoms with Crippen LogP contribution in [0.1, 0.15) is 22.4 Å². The average molecular weight is 334 g/mol. The lowest BCUT2D eigenvalue weighted by Crippen LogP contribution is -2.48. The first-order chi connectivity index (χ1) is 11.0. The van der Waals surface area contributed by atoms with Gasteiger partial charge in [0.1, 0.15) is 11.1 Å². The normalized spacial score (nSPS) is 19.2. The summed E-state index contributed by atoms with van der Waals surface area (Å²) >= 11 is 1.18. The molecule has 8 heteroatoms. The first-order valence-electron chi connectivity index (χ1n) is 6.92. The summed E-state index contributed by atoms with van der Waals surface area (Å²) in [5.41, 5.74) is -0.0289. The monoisotopic (exact) mass is 334 g/mol. The van der Waals surface area contributed by atoms with Crippen LogP contribution in [0.25, 0.3) is 0 Å². The van der Waals surface area contributed by atoms with Crippen LogP contribution >= 0.6 is 11.3 Å². The van der Waals surface area contributed by atoms with Crippen LogP contribution in [-0.2, 0) is 11.3 Å². The van der Waals surface area contributed by atoms with Crippen molar-refractivity contribution in [1.29, 1.82) is 0 Å². The molecule has 1 aliphatic heterocycles. The van der Waals surface area contributed by atoms with Crippen LogP contribution in [-0.4, -0.2) is 34.2 Å². The maximum atomic E-state index is 12.3. The number of ether oxygens (including phenoxy) is 2. The predicted octanol–water partition coefficient (Wildman–Crippen LogP) is 1.69. The number of carbonyl (C=O) groups excluding carboxylic acids is 1. The van der Waals surface area contributed by atoms with E-state index in [1.165, 1.54) is 16.7 Å². The third-order valence-corrected chi connectivity index (χ3v) is 4.13. The van der Waals surface area contributed by atoms with Gasteiger partial charge in [0.15, 0.2) is 17.2 Å². The zero-order valence-corrected chi connectivity index (χ0v) is 13.0. The summed E-state index contributed by atoms with van der Waals surface area (Å²) in [7, 11) is 0. The maximum absolute atomic E-state index is 12.3. The van der Waals surface area contributed by atoms with E-state index < -0.39 is 18.2 Å². The van der Waals surface area contributed by atoms with Crippen molar-refractivity contribution in [3.05, 3.63) is 40.3 Å². The standard InChI is InChI=1S/C15H14N2O5S/c1-8-13(22-11-5-3-2-4-10(11)21-8)14(18)16-6-12-17-9(7-23-12)15(19)20/h2-5,7-8,13H,6H2,1H3,(H,16,18)(H,19,20)/t8-,13-/m0/s1. The van der Waals surface area contributed by atoms with Gasteiger partial charge in [-0.1, -0.05) is 12.1 Å². The Morgan fingerprint density at radius 3 is 2.65 bits per heavy atom. The maximum Gasteiger partial charge on any atom is 0.355 e. The molecule has 0 bridgehead atoms. The molecule has 0 spiro atoms. The number of nitrogens with zero attached hydrogens (tertiary/aromatic N) is 1. The number of benzene rings is 1. The molecule has 0 unspecified atom stereocenters. The molecule has 2 heterocycles. The van der Waals surface area contributed by atoms with Crippen molar-refractivity contribution in [3.8, 4) is 11.5 Å². The Morgan fingerprint density at radius 2 is 2.00 bits per heavy atom. The van der Waals surface area contributed by atoms with E-state index in [0.29, 0.717) is 16.5 Å². The molecule has 3 rings (SSSR count). The van der Waals surface area contributed by atoms with Gasteiger partial charge in [-0.05, 0) is 19.1 Å². The van der Waals surface area contributed by atoms with Crippen molar-refractivity contribution in [2.24, 2.45) is 0 Å². The lowest BCUT2D eigenvalue weighted by Gasteiger charge is -2.30. The average Bonchev–Trinajstić information content (AvgIpc) is 3.01. The van der Waals surface area contributed by atoms with Crippen molar-refractivity contribution < 1.29 is 24.2 Å². The summed E-state index contributed by atoms with van der Waals surface area (Å²) in [4.78, 5) is 27.0. The van der Waals surface area contributed by atoms with Crippen LogP contribution < -0.4 is 14.8 Å². The van der Waals surface area contributed by atoms with Crippen molar-refractivity contribution >= 4 is 23.2 Å². The first-order valence-corrected chi connectivity index (χ1v) is 7.80. The Labute approximate surface area is 135 Å². The summed E-state index contributed by atoms with van der Waals surface area (Å²) in [6, 6.07) is 7.15. The van der Waals surface area contributed by atoms with E-state index in [9.17, 15) is 9.59 Å². The molecule has 0 aliphatic carbocycles. The van der Waals surface area contributed by atoms with Crippen LogP contribution in [0.4, 0.5) is 0 Å². The molecule has 0 saturated heterocycles. The lowest BCUT2D eigenvalue weighted by atomic mass is 10.1. The van der Waals surface area contributed by atoms with Gasteiger partial charge in [0.2, 0.25) is 6.10 Å². The van der Waals surface area contributed by atoms with Gasteiger partial charge in [-0.2, -0.15) is 0 Å². The Bertz CT molecular complexity index is 745. The van der Waals surface area contributed by atoms with Crippen LogP contribution in [0.15, 0.2) is 29.6 Å². The number of nitrogens with one attached hydrogen (secondary N) is 1. The molecule has 1 amide bonds. The zero-order valence-electron chi connectivity index (χ0n) is 12.2. The Balaban J connectivity index is 1.63. The van der Waals surface area contributed by atoms with E-state index in [1.54, 1.807) is 25.1 Å². The minimum Gasteiger partial charge on any atom is -0.482 e. The number of carboxylic acid groups (broad SMARTS) is 1. The number of thiazole rings is 1. The molecular formula is C15H14N2O5S. The highest BCUT2D eigenvalue weighted by atomic mass is 32.1. The number of rotatable bonds is 4. The number of aromatic carboxylic acids is 1. The number of para-hydroxylation sites is 2. The van der Waals surface area contributed by atoms with E-state index in [-0.39, 0.29) is 18.1 Å². The molecule has 7 nitrogen and oxygen atoms in total. The highest BCUT2D eigenvalue weighted by Gasteiger charge is 2.33. The number of hydrogen-bond donors (Lipinski definition) is 2. The molecule has 2 N–H and O–H groups in total. The van der Waals surface area contributed by atoms with E-state index >= 15 is 0 Å². The Morgan fingerprint density at radius 1 is 1.30 bits per heavy atom. The summed E-state index contributed by atoms with van der Waals surface area (Å²) in [6.07, 6.45) is -1.21. The molecule has 1 aromatic heterocycles. The first kappa shape index (κ1) is 15.3. The molecular weight excluding hydrogens is 320 g/mol. The summed E-state index contributed by atoms with van der Waals surface area (Å²) in [6.45, 7) is 1.90. The molecule has 2 atom stereocenters. The van der Waals surface area contributed by atoms with E-state index in [2.05, 4.69) is 10.3 Å². The second-order valence-corrected chi connectivity index (χ2v) is 5.90. The molecule has 23 heavy (non-hydrogen) atoms. The van der Waals surface area contributed by atoms with Gasteiger partial charge in [0.25, 0.3) is 5.91 Å². The van der Waals surface area contributed by atoms with Gasteiger partial charge in [-0.25, -0.2) is 9.78 Å². The lowest BCUT2D eigenvalue weighted by molar-refractivity contribution is -0.133. The highest BCUT2D eigenvalue weighted by molar-refractivity contribution is 7.09. The molecule has 120 valence electrons. The minimum absolute atomic E-state index is 0.0289.